The molecule has 1 aliphatic rings. The lowest BCUT2D eigenvalue weighted by atomic mass is 9.80. The summed E-state index contributed by atoms with van der Waals surface area (Å²) in [6.45, 7) is 14.4. The predicted octanol–water partition coefficient (Wildman–Crippen LogP) is 5.93. The number of aliphatic hydroxyl groups is 1. The number of cyclic esters (lactones) is 1. The fourth-order valence-corrected chi connectivity index (χ4v) is 4.86. The summed E-state index contributed by atoms with van der Waals surface area (Å²) < 4.78 is 22.2. The van der Waals surface area contributed by atoms with Crippen molar-refractivity contribution in [1.29, 1.82) is 0 Å². The third kappa shape index (κ3) is 9.62. The second-order valence-electron chi connectivity index (χ2n) is 11.8. The summed E-state index contributed by atoms with van der Waals surface area (Å²) in [6.07, 6.45) is -0.368. The Kier molecular flexibility index (Phi) is 12.2. The first-order valence-corrected chi connectivity index (χ1v) is 13.9. The molecule has 0 bridgehead atoms. The number of benzene rings is 1. The van der Waals surface area contributed by atoms with E-state index >= 15 is 0 Å². The SMILES string of the molecule is COCCCOc1cc(C(O)C(CC(NC(=O)OC(C)(C)C)C2CC(C(C)C)C(=O)O2)C(C)C)ccc1Cl. The molecule has 216 valence electrons. The largest absolute Gasteiger partial charge is 0.492 e. The fraction of sp³-hybridized carbons (Fsp3) is 0.724. The monoisotopic (exact) mass is 555 g/mol. The maximum atomic E-state index is 12.8. The van der Waals surface area contributed by atoms with Crippen molar-refractivity contribution in [1.82, 2.24) is 5.32 Å². The number of carbonyl (C=O) groups excluding carboxylic acids is 2. The Morgan fingerprint density at radius 2 is 1.89 bits per heavy atom. The Bertz CT molecular complexity index is 915. The number of carbonyl (C=O) groups is 2. The maximum absolute atomic E-state index is 12.8. The van der Waals surface area contributed by atoms with Gasteiger partial charge in [-0.15, -0.1) is 0 Å². The van der Waals surface area contributed by atoms with E-state index in [9.17, 15) is 14.7 Å². The van der Waals surface area contributed by atoms with E-state index in [1.54, 1.807) is 46.1 Å². The highest BCUT2D eigenvalue weighted by Crippen LogP contribution is 2.38. The highest BCUT2D eigenvalue weighted by atomic mass is 35.5. The van der Waals surface area contributed by atoms with Crippen LogP contribution in [0, 0.1) is 23.7 Å². The summed E-state index contributed by atoms with van der Waals surface area (Å²) in [6, 6.07) is 4.73. The molecule has 1 aliphatic heterocycles. The summed E-state index contributed by atoms with van der Waals surface area (Å²) in [5, 5.41) is 14.9. The molecule has 1 amide bonds. The molecule has 2 rings (SSSR count). The van der Waals surface area contributed by atoms with Gasteiger partial charge in [-0.25, -0.2) is 4.79 Å². The van der Waals surface area contributed by atoms with Crippen LogP contribution in [0.5, 0.6) is 5.75 Å². The molecule has 2 N–H and O–H groups in total. The van der Waals surface area contributed by atoms with Crippen molar-refractivity contribution in [3.8, 4) is 5.75 Å². The van der Waals surface area contributed by atoms with E-state index in [2.05, 4.69) is 5.32 Å². The van der Waals surface area contributed by atoms with Crippen molar-refractivity contribution >= 4 is 23.7 Å². The van der Waals surface area contributed by atoms with E-state index in [1.165, 1.54) is 0 Å². The van der Waals surface area contributed by atoms with Gasteiger partial charge in [-0.1, -0.05) is 45.4 Å². The Morgan fingerprint density at radius 3 is 2.45 bits per heavy atom. The van der Waals surface area contributed by atoms with E-state index in [1.807, 2.05) is 27.7 Å². The van der Waals surface area contributed by atoms with Crippen LogP contribution in [-0.2, 0) is 19.0 Å². The Hall–Kier alpha value is -2.03. The molecule has 1 saturated heterocycles. The van der Waals surface area contributed by atoms with Gasteiger partial charge in [0.15, 0.2) is 0 Å². The van der Waals surface area contributed by atoms with E-state index in [0.29, 0.717) is 48.8 Å². The Morgan fingerprint density at radius 1 is 1.21 bits per heavy atom. The fourth-order valence-electron chi connectivity index (χ4n) is 4.69. The smallest absolute Gasteiger partial charge is 0.408 e. The minimum absolute atomic E-state index is 0.0488. The minimum atomic E-state index is -0.866. The summed E-state index contributed by atoms with van der Waals surface area (Å²) >= 11 is 6.34. The molecule has 5 atom stereocenters. The number of esters is 1. The lowest BCUT2D eigenvalue weighted by Gasteiger charge is -2.33. The number of hydrogen-bond donors (Lipinski definition) is 2. The van der Waals surface area contributed by atoms with Gasteiger partial charge in [0.1, 0.15) is 17.5 Å². The van der Waals surface area contributed by atoms with Crippen LogP contribution in [0.15, 0.2) is 18.2 Å². The van der Waals surface area contributed by atoms with Crippen LogP contribution >= 0.6 is 11.6 Å². The zero-order valence-corrected chi connectivity index (χ0v) is 24.8. The van der Waals surface area contributed by atoms with Crippen molar-refractivity contribution in [3.05, 3.63) is 28.8 Å². The Balaban J connectivity index is 2.28. The number of alkyl carbamates (subject to hydrolysis) is 1. The van der Waals surface area contributed by atoms with Crippen LogP contribution < -0.4 is 10.1 Å². The summed E-state index contributed by atoms with van der Waals surface area (Å²) in [5.41, 5.74) is -0.0178. The number of hydrogen-bond acceptors (Lipinski definition) is 7. The maximum Gasteiger partial charge on any atom is 0.408 e. The normalized spacial score (nSPS) is 20.3. The lowest BCUT2D eigenvalue weighted by molar-refractivity contribution is -0.146. The van der Waals surface area contributed by atoms with Gasteiger partial charge >= 0.3 is 12.1 Å². The van der Waals surface area contributed by atoms with Crippen LogP contribution in [0.2, 0.25) is 5.02 Å². The summed E-state index contributed by atoms with van der Waals surface area (Å²) in [7, 11) is 1.64. The van der Waals surface area contributed by atoms with Gasteiger partial charge in [0, 0.05) is 20.1 Å². The standard InChI is InChI=1S/C29H46ClNO7/c1-17(2)20(26(32)19-10-11-22(30)24(14-19)36-13-9-12-35-8)15-23(31-28(34)38-29(5,6)7)25-16-21(18(3)4)27(33)37-25/h10-11,14,17-18,20-21,23,25-26,32H,9,12-13,15-16H2,1-8H3,(H,31,34). The molecule has 0 aromatic heterocycles. The molecule has 0 saturated carbocycles. The zero-order chi connectivity index (χ0) is 28.6. The first-order chi connectivity index (χ1) is 17.7. The van der Waals surface area contributed by atoms with Crippen molar-refractivity contribution in [3.63, 3.8) is 0 Å². The number of rotatable bonds is 13. The van der Waals surface area contributed by atoms with Crippen LogP contribution in [0.4, 0.5) is 4.79 Å². The molecule has 9 heteroatoms. The van der Waals surface area contributed by atoms with Crippen molar-refractivity contribution in [2.24, 2.45) is 23.7 Å². The highest BCUT2D eigenvalue weighted by molar-refractivity contribution is 6.32. The molecule has 0 aliphatic carbocycles. The second-order valence-corrected chi connectivity index (χ2v) is 12.2. The number of methoxy groups -OCH3 is 1. The van der Waals surface area contributed by atoms with Crippen LogP contribution in [0.3, 0.4) is 0 Å². The third-order valence-corrected chi connectivity index (χ3v) is 7.16. The van der Waals surface area contributed by atoms with E-state index < -0.39 is 29.9 Å². The van der Waals surface area contributed by atoms with Gasteiger partial charge in [0.25, 0.3) is 0 Å². The zero-order valence-electron chi connectivity index (χ0n) is 24.1. The van der Waals surface area contributed by atoms with E-state index in [4.69, 9.17) is 30.5 Å². The number of ether oxygens (including phenoxy) is 4. The number of amides is 1. The second kappa shape index (κ2) is 14.4. The quantitative estimate of drug-likeness (QED) is 0.229. The average molecular weight is 556 g/mol. The third-order valence-electron chi connectivity index (χ3n) is 6.85. The highest BCUT2D eigenvalue weighted by Gasteiger charge is 2.43. The molecule has 0 spiro atoms. The molecule has 1 heterocycles. The molecule has 5 unspecified atom stereocenters. The molecule has 1 aromatic carbocycles. The van der Waals surface area contributed by atoms with Gasteiger partial charge < -0.3 is 29.4 Å². The lowest BCUT2D eigenvalue weighted by Crippen LogP contribution is -2.47. The molecular formula is C29H46ClNO7. The van der Waals surface area contributed by atoms with Crippen LogP contribution in [-0.4, -0.2) is 55.2 Å². The summed E-state index contributed by atoms with van der Waals surface area (Å²) in [5.74, 6) is -0.0933. The van der Waals surface area contributed by atoms with Crippen molar-refractivity contribution < 1.29 is 33.6 Å². The molecule has 1 fully saturated rings. The molecular weight excluding hydrogens is 510 g/mol. The topological polar surface area (TPSA) is 103 Å². The van der Waals surface area contributed by atoms with Gasteiger partial charge in [-0.2, -0.15) is 0 Å². The Labute approximate surface area is 232 Å². The molecule has 8 nitrogen and oxygen atoms in total. The first-order valence-electron chi connectivity index (χ1n) is 13.5. The van der Waals surface area contributed by atoms with Crippen LogP contribution in [0.1, 0.15) is 79.4 Å². The number of nitrogens with one attached hydrogen (secondary N) is 1. The van der Waals surface area contributed by atoms with E-state index in [-0.39, 0.29) is 29.6 Å². The number of aliphatic hydroxyl groups excluding tert-OH is 1. The van der Waals surface area contributed by atoms with Crippen molar-refractivity contribution in [2.75, 3.05) is 20.3 Å². The van der Waals surface area contributed by atoms with Crippen molar-refractivity contribution in [2.45, 2.75) is 91.6 Å². The molecule has 1 aromatic rings. The number of halogens is 1. The molecule has 0 radical (unpaired) electrons. The summed E-state index contributed by atoms with van der Waals surface area (Å²) in [4.78, 5) is 25.3. The average Bonchev–Trinajstić information content (AvgIpc) is 3.20. The minimum Gasteiger partial charge on any atom is -0.492 e. The van der Waals surface area contributed by atoms with Gasteiger partial charge in [-0.05, 0) is 69.1 Å². The predicted molar refractivity (Wildman–Crippen MR) is 147 cm³/mol. The van der Waals surface area contributed by atoms with Gasteiger partial charge in [-0.3, -0.25) is 4.79 Å². The first kappa shape index (κ1) is 32.2. The van der Waals surface area contributed by atoms with Gasteiger partial charge in [0.2, 0.25) is 0 Å². The molecule has 38 heavy (non-hydrogen) atoms. The van der Waals surface area contributed by atoms with E-state index in [0.717, 1.165) is 0 Å². The van der Waals surface area contributed by atoms with Gasteiger partial charge in [0.05, 0.1) is 29.7 Å². The van der Waals surface area contributed by atoms with Crippen LogP contribution in [0.25, 0.3) is 0 Å².